The van der Waals surface area contributed by atoms with E-state index < -0.39 is 0 Å². The molecule has 4 nitrogen and oxygen atoms in total. The zero-order valence-electron chi connectivity index (χ0n) is 11.3. The highest BCUT2D eigenvalue weighted by molar-refractivity contribution is 5.83. The molecule has 1 saturated carbocycles. The summed E-state index contributed by atoms with van der Waals surface area (Å²) in [4.78, 5) is 25.1. The van der Waals surface area contributed by atoms with Crippen LogP contribution in [0.3, 0.4) is 0 Å². The zero-order valence-corrected chi connectivity index (χ0v) is 11.3. The van der Waals surface area contributed by atoms with Gasteiger partial charge in [0.15, 0.2) is 0 Å². The molecule has 0 radical (unpaired) electrons. The van der Waals surface area contributed by atoms with Gasteiger partial charge in [-0.05, 0) is 18.4 Å². The molecule has 19 heavy (non-hydrogen) atoms. The predicted octanol–water partition coefficient (Wildman–Crippen LogP) is 1.70. The summed E-state index contributed by atoms with van der Waals surface area (Å²) in [7, 11) is 1.77. The number of amides is 2. The molecule has 0 heterocycles. The lowest BCUT2D eigenvalue weighted by atomic mass is 10.2. The van der Waals surface area contributed by atoms with Crippen LogP contribution in [0.2, 0.25) is 0 Å². The van der Waals surface area contributed by atoms with Crippen molar-refractivity contribution in [2.45, 2.75) is 38.3 Å². The van der Waals surface area contributed by atoms with Crippen LogP contribution in [0.25, 0.3) is 0 Å². The third-order valence-corrected chi connectivity index (χ3v) is 3.20. The van der Waals surface area contributed by atoms with Gasteiger partial charge in [-0.15, -0.1) is 0 Å². The Morgan fingerprint density at radius 3 is 2.53 bits per heavy atom. The van der Waals surface area contributed by atoms with Crippen LogP contribution in [0.1, 0.15) is 31.2 Å². The number of benzene rings is 1. The van der Waals surface area contributed by atoms with E-state index in [1.807, 2.05) is 30.3 Å². The molecule has 0 saturated heterocycles. The van der Waals surface area contributed by atoms with Gasteiger partial charge < -0.3 is 10.2 Å². The molecule has 1 fully saturated rings. The largest absolute Gasteiger partial charge is 0.353 e. The smallest absolute Gasteiger partial charge is 0.223 e. The maximum absolute atomic E-state index is 11.9. The van der Waals surface area contributed by atoms with Gasteiger partial charge in [-0.25, -0.2) is 0 Å². The maximum atomic E-state index is 11.9. The number of nitrogens with one attached hydrogen (secondary N) is 1. The first-order valence-electron chi connectivity index (χ1n) is 6.72. The second-order valence-electron chi connectivity index (χ2n) is 5.08. The molecule has 1 aromatic rings. The Kier molecular flexibility index (Phi) is 4.55. The van der Waals surface area contributed by atoms with Gasteiger partial charge in [0.1, 0.15) is 0 Å². The van der Waals surface area contributed by atoms with Gasteiger partial charge in [0.05, 0.1) is 0 Å². The molecule has 2 rings (SSSR count). The average molecular weight is 260 g/mol. The van der Waals surface area contributed by atoms with Gasteiger partial charge in [-0.1, -0.05) is 30.3 Å². The molecule has 4 heteroatoms. The SMILES string of the molecule is CN(Cc1ccccc1)C(=O)CCC(=O)NC1CC1. The van der Waals surface area contributed by atoms with Crippen molar-refractivity contribution in [3.8, 4) is 0 Å². The Morgan fingerprint density at radius 2 is 1.89 bits per heavy atom. The van der Waals surface area contributed by atoms with Gasteiger partial charge in [0.25, 0.3) is 0 Å². The lowest BCUT2D eigenvalue weighted by molar-refractivity contribution is -0.133. The summed E-state index contributed by atoms with van der Waals surface area (Å²) >= 11 is 0. The number of carbonyl (C=O) groups excluding carboxylic acids is 2. The molecule has 0 atom stereocenters. The van der Waals surface area contributed by atoms with E-state index in [9.17, 15) is 9.59 Å². The first kappa shape index (κ1) is 13.6. The first-order chi connectivity index (χ1) is 9.15. The van der Waals surface area contributed by atoms with Crippen molar-refractivity contribution in [3.05, 3.63) is 35.9 Å². The number of hydrogen-bond donors (Lipinski definition) is 1. The monoisotopic (exact) mass is 260 g/mol. The summed E-state index contributed by atoms with van der Waals surface area (Å²) in [5.41, 5.74) is 1.10. The van der Waals surface area contributed by atoms with Crippen LogP contribution in [0.15, 0.2) is 30.3 Å². The molecule has 1 N–H and O–H groups in total. The van der Waals surface area contributed by atoms with Crippen LogP contribution in [0.5, 0.6) is 0 Å². The van der Waals surface area contributed by atoms with E-state index >= 15 is 0 Å². The van der Waals surface area contributed by atoms with Crippen LogP contribution < -0.4 is 5.32 Å². The van der Waals surface area contributed by atoms with Crippen molar-refractivity contribution in [3.63, 3.8) is 0 Å². The first-order valence-corrected chi connectivity index (χ1v) is 6.72. The van der Waals surface area contributed by atoms with Crippen LogP contribution in [-0.2, 0) is 16.1 Å². The van der Waals surface area contributed by atoms with Gasteiger partial charge in [0.2, 0.25) is 11.8 Å². The summed E-state index contributed by atoms with van der Waals surface area (Å²) < 4.78 is 0. The van der Waals surface area contributed by atoms with Gasteiger partial charge >= 0.3 is 0 Å². The summed E-state index contributed by atoms with van der Waals surface area (Å²) in [5.74, 6) is -0.00115. The molecule has 102 valence electrons. The lowest BCUT2D eigenvalue weighted by Gasteiger charge is -2.17. The third-order valence-electron chi connectivity index (χ3n) is 3.20. The van der Waals surface area contributed by atoms with E-state index in [0.29, 0.717) is 12.6 Å². The van der Waals surface area contributed by atoms with Crippen LogP contribution >= 0.6 is 0 Å². The van der Waals surface area contributed by atoms with Crippen molar-refractivity contribution in [1.82, 2.24) is 10.2 Å². The van der Waals surface area contributed by atoms with E-state index in [4.69, 9.17) is 0 Å². The minimum absolute atomic E-state index is 0.00907. The molecule has 0 aliphatic heterocycles. The predicted molar refractivity (Wildman–Crippen MR) is 73.3 cm³/mol. The topological polar surface area (TPSA) is 49.4 Å². The highest BCUT2D eigenvalue weighted by atomic mass is 16.2. The molecule has 0 aromatic heterocycles. The van der Waals surface area contributed by atoms with Gasteiger partial charge in [-0.3, -0.25) is 9.59 Å². The third kappa shape index (κ3) is 4.73. The summed E-state index contributed by atoms with van der Waals surface area (Å²) in [6.07, 6.45) is 2.72. The minimum atomic E-state index is -0.0102. The van der Waals surface area contributed by atoms with Crippen molar-refractivity contribution >= 4 is 11.8 Å². The van der Waals surface area contributed by atoms with Crippen molar-refractivity contribution in [1.29, 1.82) is 0 Å². The summed E-state index contributed by atoms with van der Waals surface area (Å²) in [6.45, 7) is 0.587. The average Bonchev–Trinajstić information content (AvgIpc) is 3.21. The molecule has 2 amide bonds. The van der Waals surface area contributed by atoms with Crippen LogP contribution in [-0.4, -0.2) is 29.8 Å². The zero-order chi connectivity index (χ0) is 13.7. The number of hydrogen-bond acceptors (Lipinski definition) is 2. The fourth-order valence-electron chi connectivity index (χ4n) is 1.88. The second kappa shape index (κ2) is 6.36. The molecular weight excluding hydrogens is 240 g/mol. The van der Waals surface area contributed by atoms with Gasteiger partial charge in [-0.2, -0.15) is 0 Å². The highest BCUT2D eigenvalue weighted by Gasteiger charge is 2.23. The van der Waals surface area contributed by atoms with Gasteiger partial charge in [0, 0.05) is 32.5 Å². The maximum Gasteiger partial charge on any atom is 0.223 e. The quantitative estimate of drug-likeness (QED) is 0.846. The number of nitrogens with zero attached hydrogens (tertiary/aromatic N) is 1. The Morgan fingerprint density at radius 1 is 1.21 bits per heavy atom. The van der Waals surface area contributed by atoms with Crippen molar-refractivity contribution in [2.75, 3.05) is 7.05 Å². The molecule has 1 aliphatic rings. The molecular formula is C15H20N2O2. The van der Waals surface area contributed by atoms with E-state index in [-0.39, 0.29) is 24.7 Å². The fraction of sp³-hybridized carbons (Fsp3) is 0.467. The standard InChI is InChI=1S/C15H20N2O2/c1-17(11-12-5-3-2-4-6-12)15(19)10-9-14(18)16-13-7-8-13/h2-6,13H,7-11H2,1H3,(H,16,18). The van der Waals surface area contributed by atoms with E-state index in [1.54, 1.807) is 11.9 Å². The fourth-order valence-corrected chi connectivity index (χ4v) is 1.88. The molecule has 1 aromatic carbocycles. The second-order valence-corrected chi connectivity index (χ2v) is 5.08. The summed E-state index contributed by atoms with van der Waals surface area (Å²) in [6, 6.07) is 10.2. The molecule has 0 bridgehead atoms. The summed E-state index contributed by atoms with van der Waals surface area (Å²) in [5, 5.41) is 2.89. The molecule has 0 spiro atoms. The molecule has 0 unspecified atom stereocenters. The number of rotatable bonds is 6. The van der Waals surface area contributed by atoms with E-state index in [2.05, 4.69) is 5.32 Å². The lowest BCUT2D eigenvalue weighted by Crippen LogP contribution is -2.30. The van der Waals surface area contributed by atoms with Crippen LogP contribution in [0.4, 0.5) is 0 Å². The highest BCUT2D eigenvalue weighted by Crippen LogP contribution is 2.18. The Labute approximate surface area is 113 Å². The molecule has 1 aliphatic carbocycles. The Bertz CT molecular complexity index is 441. The van der Waals surface area contributed by atoms with Crippen molar-refractivity contribution < 1.29 is 9.59 Å². The normalized spacial score (nSPS) is 13.9. The minimum Gasteiger partial charge on any atom is -0.353 e. The van der Waals surface area contributed by atoms with E-state index in [1.165, 1.54) is 0 Å². The Hall–Kier alpha value is -1.84. The van der Waals surface area contributed by atoms with Crippen molar-refractivity contribution in [2.24, 2.45) is 0 Å². The Balaban J connectivity index is 1.71. The number of carbonyl (C=O) groups is 2. The van der Waals surface area contributed by atoms with E-state index in [0.717, 1.165) is 18.4 Å². The van der Waals surface area contributed by atoms with Crippen LogP contribution in [0, 0.1) is 0 Å².